The Morgan fingerprint density at radius 2 is 0.895 bits per heavy atom. The lowest BCUT2D eigenvalue weighted by Gasteiger charge is -2.41. The quantitative estimate of drug-likeness (QED) is 0.0276. The molecule has 2 saturated carbocycles. The maximum absolute atomic E-state index is 14.0. The van der Waals surface area contributed by atoms with Crippen molar-refractivity contribution in [2.24, 2.45) is 0 Å². The zero-order chi connectivity index (χ0) is 64.0. The van der Waals surface area contributed by atoms with Crippen molar-refractivity contribution in [2.45, 2.75) is 218 Å². The SMILES string of the molecule is CC(=O)Cl.CC(=O)NCCC(=O)N[C@@H](Cc1cc(F)cc(F)c1)[C@H](O)CNC1(c2cccc(C(C)(C)C)c2)CCCCC1.CC(C)(C)OC(=O)NCCC(=O)N[C@@H](Cc1cc(F)cc(F)c1)[C@H](O)CNC1(c2cccc(C(C)(C)C)c2)CCCCC1. The average molecular weight is 1220 g/mol. The molecular weight excluding hydrogens is 1130 g/mol. The van der Waals surface area contributed by atoms with Gasteiger partial charge in [0.25, 0.3) is 0 Å². The van der Waals surface area contributed by atoms with Crippen LogP contribution < -0.4 is 31.9 Å². The highest BCUT2D eigenvalue weighted by atomic mass is 35.5. The molecule has 0 radical (unpaired) electrons. The van der Waals surface area contributed by atoms with Crippen LogP contribution >= 0.6 is 11.6 Å². The lowest BCUT2D eigenvalue weighted by Crippen LogP contribution is -2.53. The summed E-state index contributed by atoms with van der Waals surface area (Å²) in [5, 5.41) is 40.4. The Morgan fingerprint density at radius 1 is 0.547 bits per heavy atom. The maximum atomic E-state index is 14.0. The first-order chi connectivity index (χ1) is 40.2. The molecule has 6 rings (SSSR count). The molecule has 4 aromatic carbocycles. The molecule has 0 bridgehead atoms. The molecule has 0 unspecified atom stereocenters. The van der Waals surface area contributed by atoms with Crippen LogP contribution in [-0.2, 0) is 58.7 Å². The number of hydrogen-bond acceptors (Lipinski definition) is 10. The highest BCUT2D eigenvalue weighted by Gasteiger charge is 2.38. The van der Waals surface area contributed by atoms with E-state index in [9.17, 15) is 51.7 Å². The molecular formula is C67H95ClF4N6O8. The Hall–Kier alpha value is -5.92. The molecule has 19 heteroatoms. The minimum atomic E-state index is -1.06. The Kier molecular flexibility index (Phi) is 28.2. The monoisotopic (exact) mass is 1220 g/mol. The van der Waals surface area contributed by atoms with E-state index in [0.717, 1.165) is 76.3 Å². The fraction of sp³-hybridized carbons (Fsp3) is 0.567. The average Bonchev–Trinajstić information content (AvgIpc) is 1.41. The fourth-order valence-electron chi connectivity index (χ4n) is 10.9. The van der Waals surface area contributed by atoms with Gasteiger partial charge in [0, 0.05) is 76.1 Å². The minimum Gasteiger partial charge on any atom is -0.444 e. The molecule has 2 aliphatic carbocycles. The van der Waals surface area contributed by atoms with Crippen LogP contribution in [0.4, 0.5) is 22.4 Å². The lowest BCUT2D eigenvalue weighted by atomic mass is 9.74. The van der Waals surface area contributed by atoms with Crippen LogP contribution in [0.15, 0.2) is 84.9 Å². The number of aliphatic hydroxyl groups excluding tert-OH is 2. The van der Waals surface area contributed by atoms with Gasteiger partial charge < -0.3 is 46.9 Å². The molecule has 4 atom stereocenters. The number of ether oxygens (including phenoxy) is 1. The van der Waals surface area contributed by atoms with Gasteiger partial charge in [-0.1, -0.05) is 129 Å². The van der Waals surface area contributed by atoms with E-state index in [2.05, 4.69) is 134 Å². The van der Waals surface area contributed by atoms with Crippen molar-refractivity contribution < 1.29 is 56.5 Å². The standard InChI is InChI=1S/C34H49F2N3O4.C31H43F2N3O3.C2H3ClO/c1-32(2,3)24-11-10-12-25(20-24)34(14-8-7-9-15-34)38-22-29(40)28(19-23-17-26(35)21-27(36)18-23)39-30(41)13-16-37-31(42)43-33(4,5)6;1-21(37)34-14-11-29(39)36-27(17-22-15-25(32)19-26(33)16-22)28(38)20-35-31(12-6-5-7-13-31)24-10-8-9-23(18-24)30(2,3)4;1-2(3)4/h10-12,17-18,20-21,28-29,38,40H,7-9,13-16,19,22H2,1-6H3,(H,37,42)(H,39,41);8-10,15-16,18-19,27-28,35,38H,5-7,11-14,17,20H2,1-4H3,(H,34,37)(H,36,39);1H3/t28-,29+;27-,28+;/m00./s1. The number of halogens is 5. The summed E-state index contributed by atoms with van der Waals surface area (Å²) in [5.41, 5.74) is 4.15. The van der Waals surface area contributed by atoms with E-state index in [4.69, 9.17) is 4.74 Å². The summed E-state index contributed by atoms with van der Waals surface area (Å²) in [6.45, 7) is 21.5. The van der Waals surface area contributed by atoms with E-state index in [1.54, 1.807) is 20.8 Å². The first-order valence-electron chi connectivity index (χ1n) is 30.1. The molecule has 0 aromatic heterocycles. The van der Waals surface area contributed by atoms with E-state index in [1.807, 2.05) is 0 Å². The molecule has 0 saturated heterocycles. The summed E-state index contributed by atoms with van der Waals surface area (Å²) in [4.78, 5) is 57.8. The van der Waals surface area contributed by atoms with Crippen LogP contribution in [0.1, 0.15) is 187 Å². The largest absolute Gasteiger partial charge is 0.444 e. The molecule has 4 aromatic rings. The zero-order valence-corrected chi connectivity index (χ0v) is 53.1. The second-order valence-electron chi connectivity index (χ2n) is 26.0. The molecule has 2 fully saturated rings. The van der Waals surface area contributed by atoms with Crippen LogP contribution in [0.3, 0.4) is 0 Å². The van der Waals surface area contributed by atoms with Crippen molar-refractivity contribution in [1.29, 1.82) is 0 Å². The van der Waals surface area contributed by atoms with E-state index in [0.29, 0.717) is 11.1 Å². The Labute approximate surface area is 512 Å². The third-order valence-corrected chi connectivity index (χ3v) is 15.4. The van der Waals surface area contributed by atoms with Crippen molar-refractivity contribution in [2.75, 3.05) is 26.2 Å². The van der Waals surface area contributed by atoms with E-state index < -0.39 is 65.2 Å². The van der Waals surface area contributed by atoms with Gasteiger partial charge in [-0.3, -0.25) is 19.2 Å². The predicted octanol–water partition coefficient (Wildman–Crippen LogP) is 11.4. The zero-order valence-electron chi connectivity index (χ0n) is 52.4. The third-order valence-electron chi connectivity index (χ3n) is 15.4. The summed E-state index contributed by atoms with van der Waals surface area (Å²) in [6, 6.07) is 22.0. The summed E-state index contributed by atoms with van der Waals surface area (Å²) >= 11 is 4.64. The van der Waals surface area contributed by atoms with Crippen LogP contribution in [0.2, 0.25) is 0 Å². The second-order valence-corrected chi connectivity index (χ2v) is 26.6. The third kappa shape index (κ3) is 25.4. The number of alkyl carbamates (subject to hydrolysis) is 1. The van der Waals surface area contributed by atoms with Gasteiger partial charge in [0.05, 0.1) is 24.3 Å². The molecule has 2 aliphatic rings. The summed E-state index contributed by atoms with van der Waals surface area (Å²) in [5.74, 6) is -3.91. The topological polar surface area (TPSA) is 207 Å². The van der Waals surface area contributed by atoms with Crippen molar-refractivity contribution in [3.8, 4) is 0 Å². The predicted molar refractivity (Wildman–Crippen MR) is 331 cm³/mol. The van der Waals surface area contributed by atoms with Crippen molar-refractivity contribution in [3.05, 3.63) is 142 Å². The van der Waals surface area contributed by atoms with Gasteiger partial charge in [-0.15, -0.1) is 0 Å². The van der Waals surface area contributed by atoms with Crippen molar-refractivity contribution >= 4 is 40.7 Å². The maximum Gasteiger partial charge on any atom is 0.407 e. The second kappa shape index (κ2) is 33.4. The summed E-state index contributed by atoms with van der Waals surface area (Å²) in [6.07, 6.45) is 7.54. The fourth-order valence-corrected chi connectivity index (χ4v) is 10.9. The number of benzene rings is 4. The number of rotatable bonds is 22. The van der Waals surface area contributed by atoms with Gasteiger partial charge >= 0.3 is 6.09 Å². The van der Waals surface area contributed by atoms with Gasteiger partial charge in [0.1, 0.15) is 28.9 Å². The Morgan fingerprint density at radius 3 is 1.22 bits per heavy atom. The Balaban J connectivity index is 0.000000348. The molecule has 86 heavy (non-hydrogen) atoms. The minimum absolute atomic E-state index is 0.00175. The molecule has 0 heterocycles. The van der Waals surface area contributed by atoms with Gasteiger partial charge in [0.2, 0.25) is 23.0 Å². The normalized spacial score (nSPS) is 16.3. The Bertz CT molecular complexity index is 2800. The molecule has 476 valence electrons. The number of carbonyl (C=O) groups is 5. The summed E-state index contributed by atoms with van der Waals surface area (Å²) in [7, 11) is 0. The number of amides is 4. The van der Waals surface area contributed by atoms with Crippen molar-refractivity contribution in [1.82, 2.24) is 31.9 Å². The molecule has 0 spiro atoms. The van der Waals surface area contributed by atoms with Crippen molar-refractivity contribution in [3.63, 3.8) is 0 Å². The first kappa shape index (κ1) is 72.6. The molecule has 8 N–H and O–H groups in total. The number of carbonyl (C=O) groups excluding carboxylic acids is 5. The lowest BCUT2D eigenvalue weighted by molar-refractivity contribution is -0.123. The summed E-state index contributed by atoms with van der Waals surface area (Å²) < 4.78 is 61.0. The van der Waals surface area contributed by atoms with Gasteiger partial charge in [0.15, 0.2) is 0 Å². The molecule has 0 aliphatic heterocycles. The van der Waals surface area contributed by atoms with Gasteiger partial charge in [-0.05, 0) is 139 Å². The van der Waals surface area contributed by atoms with E-state index in [-0.39, 0.29) is 90.8 Å². The number of aliphatic hydroxyl groups is 2. The van der Waals surface area contributed by atoms with Gasteiger partial charge in [-0.25, -0.2) is 22.4 Å². The van der Waals surface area contributed by atoms with Crippen LogP contribution in [0, 0.1) is 23.3 Å². The highest BCUT2D eigenvalue weighted by Crippen LogP contribution is 2.40. The van der Waals surface area contributed by atoms with E-state index >= 15 is 0 Å². The molecule has 14 nitrogen and oxygen atoms in total. The first-order valence-corrected chi connectivity index (χ1v) is 30.5. The smallest absolute Gasteiger partial charge is 0.407 e. The molecule has 4 amide bonds. The van der Waals surface area contributed by atoms with Crippen LogP contribution in [0.25, 0.3) is 0 Å². The van der Waals surface area contributed by atoms with E-state index in [1.165, 1.54) is 60.4 Å². The van der Waals surface area contributed by atoms with Gasteiger partial charge in [-0.2, -0.15) is 0 Å². The highest BCUT2D eigenvalue weighted by molar-refractivity contribution is 6.62. The number of hydrogen-bond donors (Lipinski definition) is 8. The number of nitrogens with one attached hydrogen (secondary N) is 6. The van der Waals surface area contributed by atoms with Crippen LogP contribution in [0.5, 0.6) is 0 Å². The van der Waals surface area contributed by atoms with Crippen LogP contribution in [-0.4, -0.2) is 95.3 Å².